The summed E-state index contributed by atoms with van der Waals surface area (Å²) in [6.07, 6.45) is 12.8. The Balaban J connectivity index is 1.58. The van der Waals surface area contributed by atoms with Crippen molar-refractivity contribution in [1.29, 1.82) is 0 Å². The molecule has 3 rings (SSSR count). The van der Waals surface area contributed by atoms with Crippen molar-refractivity contribution in [2.75, 3.05) is 5.32 Å². The van der Waals surface area contributed by atoms with Crippen molar-refractivity contribution in [3.05, 3.63) is 29.8 Å². The molecule has 1 atom stereocenters. The Morgan fingerprint density at radius 1 is 0.944 bits per heavy atom. The van der Waals surface area contributed by atoms with Gasteiger partial charge >= 0.3 is 0 Å². The number of anilines is 1. The van der Waals surface area contributed by atoms with Crippen LogP contribution in [-0.4, -0.2) is 6.04 Å². The summed E-state index contributed by atoms with van der Waals surface area (Å²) in [6.45, 7) is 0. The Morgan fingerprint density at radius 3 is 2.56 bits per heavy atom. The third-order valence-corrected chi connectivity index (χ3v) is 4.73. The SMILES string of the molecule is c1ccc2c(c1)CCC(CC1CCCCCC1)N2. The quantitative estimate of drug-likeness (QED) is 0.737. The largest absolute Gasteiger partial charge is 0.382 e. The van der Waals surface area contributed by atoms with Crippen molar-refractivity contribution in [3.8, 4) is 0 Å². The Kier molecular flexibility index (Phi) is 3.87. The maximum absolute atomic E-state index is 3.76. The lowest BCUT2D eigenvalue weighted by Gasteiger charge is -2.29. The van der Waals surface area contributed by atoms with Gasteiger partial charge in [-0.1, -0.05) is 56.7 Å². The van der Waals surface area contributed by atoms with E-state index in [0.29, 0.717) is 0 Å². The van der Waals surface area contributed by atoms with Crippen molar-refractivity contribution < 1.29 is 0 Å². The van der Waals surface area contributed by atoms with Gasteiger partial charge in [-0.2, -0.15) is 0 Å². The number of hydrogen-bond donors (Lipinski definition) is 1. The summed E-state index contributed by atoms with van der Waals surface area (Å²) < 4.78 is 0. The molecule has 0 aromatic heterocycles. The molecule has 0 amide bonds. The predicted molar refractivity (Wildman–Crippen MR) is 78.0 cm³/mol. The number of nitrogens with one attached hydrogen (secondary N) is 1. The molecule has 0 bridgehead atoms. The average Bonchev–Trinajstić information content (AvgIpc) is 2.67. The van der Waals surface area contributed by atoms with Crippen LogP contribution in [0.1, 0.15) is 56.9 Å². The van der Waals surface area contributed by atoms with Crippen LogP contribution in [0.15, 0.2) is 24.3 Å². The van der Waals surface area contributed by atoms with Crippen LogP contribution in [-0.2, 0) is 6.42 Å². The summed E-state index contributed by atoms with van der Waals surface area (Å²) in [5.74, 6) is 0.982. The molecule has 0 spiro atoms. The standard InChI is InChI=1S/C17H25N/c1-2-4-8-14(7-3-1)13-16-12-11-15-9-5-6-10-17(15)18-16/h5-6,9-10,14,16,18H,1-4,7-8,11-13H2. The summed E-state index contributed by atoms with van der Waals surface area (Å²) in [6, 6.07) is 9.55. The highest BCUT2D eigenvalue weighted by Gasteiger charge is 2.21. The van der Waals surface area contributed by atoms with Gasteiger partial charge in [0.2, 0.25) is 0 Å². The maximum atomic E-state index is 3.76. The van der Waals surface area contributed by atoms with Crippen molar-refractivity contribution >= 4 is 5.69 Å². The van der Waals surface area contributed by atoms with Crippen LogP contribution in [0, 0.1) is 5.92 Å². The van der Waals surface area contributed by atoms with Gasteiger partial charge in [0, 0.05) is 11.7 Å². The Morgan fingerprint density at radius 2 is 1.72 bits per heavy atom. The molecule has 1 nitrogen and oxygen atoms in total. The van der Waals surface area contributed by atoms with E-state index in [4.69, 9.17) is 0 Å². The van der Waals surface area contributed by atoms with Crippen LogP contribution >= 0.6 is 0 Å². The van der Waals surface area contributed by atoms with Gasteiger partial charge in [-0.15, -0.1) is 0 Å². The fourth-order valence-electron chi connectivity index (χ4n) is 3.68. The Labute approximate surface area is 111 Å². The topological polar surface area (TPSA) is 12.0 Å². The van der Waals surface area contributed by atoms with E-state index in [1.54, 1.807) is 0 Å². The second-order valence-electron chi connectivity index (χ2n) is 6.13. The molecule has 2 aliphatic rings. The normalized spacial score (nSPS) is 25.0. The van der Waals surface area contributed by atoms with E-state index in [-0.39, 0.29) is 0 Å². The zero-order valence-corrected chi connectivity index (χ0v) is 11.3. The molecule has 1 aromatic carbocycles. The number of aryl methyl sites for hydroxylation is 1. The Hall–Kier alpha value is -0.980. The van der Waals surface area contributed by atoms with E-state index >= 15 is 0 Å². The minimum Gasteiger partial charge on any atom is -0.382 e. The summed E-state index contributed by atoms with van der Waals surface area (Å²) in [4.78, 5) is 0. The number of benzene rings is 1. The maximum Gasteiger partial charge on any atom is 0.0374 e. The van der Waals surface area contributed by atoms with Crippen molar-refractivity contribution in [2.45, 2.75) is 63.8 Å². The number of hydrogen-bond acceptors (Lipinski definition) is 1. The highest BCUT2D eigenvalue weighted by Crippen LogP contribution is 2.31. The molecule has 0 radical (unpaired) electrons. The van der Waals surface area contributed by atoms with Gasteiger partial charge in [0.15, 0.2) is 0 Å². The lowest BCUT2D eigenvalue weighted by molar-refractivity contribution is 0.387. The fourth-order valence-corrected chi connectivity index (χ4v) is 3.68. The molecule has 1 heterocycles. The second kappa shape index (κ2) is 5.77. The van der Waals surface area contributed by atoms with E-state index in [2.05, 4.69) is 29.6 Å². The summed E-state index contributed by atoms with van der Waals surface area (Å²) in [5, 5.41) is 3.76. The van der Waals surface area contributed by atoms with E-state index in [0.717, 1.165) is 12.0 Å². The van der Waals surface area contributed by atoms with Crippen LogP contribution < -0.4 is 5.32 Å². The van der Waals surface area contributed by atoms with Crippen molar-refractivity contribution in [2.24, 2.45) is 5.92 Å². The van der Waals surface area contributed by atoms with E-state index in [9.17, 15) is 0 Å². The van der Waals surface area contributed by atoms with Crippen molar-refractivity contribution in [3.63, 3.8) is 0 Å². The van der Waals surface area contributed by atoms with Crippen LogP contribution in [0.3, 0.4) is 0 Å². The summed E-state index contributed by atoms with van der Waals surface area (Å²) >= 11 is 0. The monoisotopic (exact) mass is 243 g/mol. The first-order chi connectivity index (χ1) is 8.92. The highest BCUT2D eigenvalue weighted by molar-refractivity contribution is 5.53. The predicted octanol–water partition coefficient (Wildman–Crippen LogP) is 4.77. The van der Waals surface area contributed by atoms with Gasteiger partial charge in [-0.05, 0) is 36.8 Å². The van der Waals surface area contributed by atoms with E-state index in [1.165, 1.54) is 69.0 Å². The molecule has 1 aliphatic carbocycles. The molecule has 1 N–H and O–H groups in total. The first kappa shape index (κ1) is 12.1. The molecule has 1 aliphatic heterocycles. The second-order valence-corrected chi connectivity index (χ2v) is 6.13. The zero-order chi connectivity index (χ0) is 12.2. The van der Waals surface area contributed by atoms with E-state index < -0.39 is 0 Å². The summed E-state index contributed by atoms with van der Waals surface area (Å²) in [5.41, 5.74) is 2.90. The minimum atomic E-state index is 0.725. The molecular weight excluding hydrogens is 218 g/mol. The molecule has 18 heavy (non-hydrogen) atoms. The number of para-hydroxylation sites is 1. The smallest absolute Gasteiger partial charge is 0.0374 e. The Bertz CT molecular complexity index is 377. The minimum absolute atomic E-state index is 0.725. The molecule has 98 valence electrons. The van der Waals surface area contributed by atoms with Gasteiger partial charge in [-0.25, -0.2) is 0 Å². The van der Waals surface area contributed by atoms with Crippen LogP contribution in [0.25, 0.3) is 0 Å². The molecule has 1 aromatic rings. The zero-order valence-electron chi connectivity index (χ0n) is 11.3. The van der Waals surface area contributed by atoms with Crippen LogP contribution in [0.4, 0.5) is 5.69 Å². The number of fused-ring (bicyclic) bond motifs is 1. The molecule has 1 unspecified atom stereocenters. The molecule has 0 saturated heterocycles. The van der Waals surface area contributed by atoms with Crippen LogP contribution in [0.5, 0.6) is 0 Å². The fraction of sp³-hybridized carbons (Fsp3) is 0.647. The van der Waals surface area contributed by atoms with Gasteiger partial charge in [0.25, 0.3) is 0 Å². The van der Waals surface area contributed by atoms with Gasteiger partial charge in [0.1, 0.15) is 0 Å². The molecule has 1 heteroatoms. The molecule has 1 saturated carbocycles. The number of rotatable bonds is 2. The molecule has 1 fully saturated rings. The first-order valence-corrected chi connectivity index (χ1v) is 7.76. The first-order valence-electron chi connectivity index (χ1n) is 7.76. The average molecular weight is 243 g/mol. The lowest BCUT2D eigenvalue weighted by Crippen LogP contribution is -2.27. The van der Waals surface area contributed by atoms with Gasteiger partial charge in [-0.3, -0.25) is 0 Å². The molecular formula is C17H25N. The van der Waals surface area contributed by atoms with Crippen LogP contribution in [0.2, 0.25) is 0 Å². The van der Waals surface area contributed by atoms with E-state index in [1.807, 2.05) is 0 Å². The van der Waals surface area contributed by atoms with Gasteiger partial charge < -0.3 is 5.32 Å². The third-order valence-electron chi connectivity index (χ3n) is 4.73. The van der Waals surface area contributed by atoms with Gasteiger partial charge in [0.05, 0.1) is 0 Å². The third kappa shape index (κ3) is 2.88. The highest BCUT2D eigenvalue weighted by atomic mass is 14.9. The lowest BCUT2D eigenvalue weighted by atomic mass is 9.88. The summed E-state index contributed by atoms with van der Waals surface area (Å²) in [7, 11) is 0. The van der Waals surface area contributed by atoms with Crippen molar-refractivity contribution in [1.82, 2.24) is 0 Å².